The van der Waals surface area contributed by atoms with Crippen LogP contribution in [0, 0.1) is 17.8 Å². The zero-order chi connectivity index (χ0) is 13.8. The summed E-state index contributed by atoms with van der Waals surface area (Å²) < 4.78 is 5.47. The maximum absolute atomic E-state index is 5.83. The van der Waals surface area contributed by atoms with Gasteiger partial charge in [0.2, 0.25) is 0 Å². The van der Waals surface area contributed by atoms with Gasteiger partial charge in [-0.1, -0.05) is 38.5 Å². The topological polar surface area (TPSA) is 47.3 Å². The van der Waals surface area contributed by atoms with Gasteiger partial charge in [-0.25, -0.2) is 0 Å². The zero-order valence-electron chi connectivity index (χ0n) is 12.2. The molecule has 1 fully saturated rings. The van der Waals surface area contributed by atoms with Crippen molar-refractivity contribution in [3.8, 4) is 5.75 Å². The molecule has 0 aliphatic heterocycles. The van der Waals surface area contributed by atoms with Crippen LogP contribution in [0.3, 0.4) is 0 Å². The first-order chi connectivity index (χ1) is 9.17. The third-order valence-electron chi connectivity index (χ3n) is 4.76. The molecule has 106 valence electrons. The van der Waals surface area contributed by atoms with Crippen LogP contribution >= 0.6 is 0 Å². The number of para-hydroxylation sites is 1. The summed E-state index contributed by atoms with van der Waals surface area (Å²) in [5, 5.41) is 0. The van der Waals surface area contributed by atoms with E-state index in [1.165, 1.54) is 24.8 Å². The highest BCUT2D eigenvalue weighted by molar-refractivity contribution is 5.36. The fraction of sp³-hybridized carbons (Fsp3) is 0.625. The average molecular weight is 262 g/mol. The minimum Gasteiger partial charge on any atom is -0.496 e. The molecule has 4 atom stereocenters. The first-order valence-corrected chi connectivity index (χ1v) is 7.26. The van der Waals surface area contributed by atoms with Gasteiger partial charge in [0.05, 0.1) is 13.2 Å². The van der Waals surface area contributed by atoms with E-state index in [1.807, 2.05) is 12.1 Å². The van der Waals surface area contributed by atoms with E-state index < -0.39 is 0 Å². The van der Waals surface area contributed by atoms with E-state index in [1.54, 1.807) is 7.11 Å². The Balaban J connectivity index is 2.20. The summed E-state index contributed by atoms with van der Waals surface area (Å²) in [6.07, 6.45) is 3.76. The molecule has 0 heterocycles. The summed E-state index contributed by atoms with van der Waals surface area (Å²) in [6, 6.07) is 8.37. The van der Waals surface area contributed by atoms with Crippen LogP contribution in [0.1, 0.15) is 44.7 Å². The number of methoxy groups -OCH3 is 1. The summed E-state index contributed by atoms with van der Waals surface area (Å²) in [7, 11) is 1.72. The molecule has 1 aromatic rings. The Morgan fingerprint density at radius 2 is 1.95 bits per heavy atom. The highest BCUT2D eigenvalue weighted by Gasteiger charge is 2.31. The number of hydrogen-bond donors (Lipinski definition) is 2. The van der Waals surface area contributed by atoms with Crippen molar-refractivity contribution in [3.05, 3.63) is 29.8 Å². The van der Waals surface area contributed by atoms with E-state index in [-0.39, 0.29) is 6.04 Å². The summed E-state index contributed by atoms with van der Waals surface area (Å²) in [5.41, 5.74) is 4.20. The summed E-state index contributed by atoms with van der Waals surface area (Å²) in [4.78, 5) is 0. The Morgan fingerprint density at radius 3 is 2.58 bits per heavy atom. The molecule has 19 heavy (non-hydrogen) atoms. The third kappa shape index (κ3) is 3.10. The maximum atomic E-state index is 5.83. The molecular formula is C16H26N2O. The van der Waals surface area contributed by atoms with Crippen molar-refractivity contribution in [2.24, 2.45) is 23.6 Å². The quantitative estimate of drug-likeness (QED) is 0.646. The molecule has 3 heteroatoms. The molecule has 2 rings (SSSR count). The Morgan fingerprint density at radius 1 is 1.21 bits per heavy atom. The molecule has 0 bridgehead atoms. The zero-order valence-corrected chi connectivity index (χ0v) is 12.2. The van der Waals surface area contributed by atoms with Crippen LogP contribution in [0.5, 0.6) is 5.75 Å². The molecule has 0 amide bonds. The van der Waals surface area contributed by atoms with E-state index in [0.717, 1.165) is 17.6 Å². The Hall–Kier alpha value is -1.06. The van der Waals surface area contributed by atoms with Gasteiger partial charge in [0.1, 0.15) is 5.75 Å². The van der Waals surface area contributed by atoms with Crippen LogP contribution in [0.15, 0.2) is 24.3 Å². The lowest BCUT2D eigenvalue weighted by Gasteiger charge is -2.37. The van der Waals surface area contributed by atoms with E-state index >= 15 is 0 Å². The first kappa shape index (κ1) is 14.4. The number of hydrogen-bond acceptors (Lipinski definition) is 3. The number of ether oxygens (including phenoxy) is 1. The molecule has 1 aliphatic carbocycles. The predicted molar refractivity (Wildman–Crippen MR) is 78.7 cm³/mol. The second kappa shape index (κ2) is 6.40. The first-order valence-electron chi connectivity index (χ1n) is 7.26. The average Bonchev–Trinajstić information content (AvgIpc) is 2.44. The lowest BCUT2D eigenvalue weighted by atomic mass is 9.72. The number of nitrogens with one attached hydrogen (secondary N) is 1. The second-order valence-electron chi connectivity index (χ2n) is 5.91. The molecule has 4 unspecified atom stereocenters. The highest BCUT2D eigenvalue weighted by atomic mass is 16.5. The molecule has 0 spiro atoms. The smallest absolute Gasteiger partial charge is 0.123 e. The van der Waals surface area contributed by atoms with Gasteiger partial charge >= 0.3 is 0 Å². The standard InChI is InChI=1S/C16H26N2O/c1-11-8-9-13(10-12(11)2)16(18-17)14-6-4-5-7-15(14)19-3/h4-7,11-13,16,18H,8-10,17H2,1-3H3. The Labute approximate surface area is 116 Å². The van der Waals surface area contributed by atoms with Crippen molar-refractivity contribution in [2.75, 3.05) is 7.11 Å². The summed E-state index contributed by atoms with van der Waals surface area (Å²) in [5.74, 6) is 8.95. The lowest BCUT2D eigenvalue weighted by Crippen LogP contribution is -2.37. The van der Waals surface area contributed by atoms with Gasteiger partial charge in [0.15, 0.2) is 0 Å². The van der Waals surface area contributed by atoms with Crippen LogP contribution in [0.25, 0.3) is 0 Å². The van der Waals surface area contributed by atoms with Gasteiger partial charge < -0.3 is 4.74 Å². The van der Waals surface area contributed by atoms with E-state index in [9.17, 15) is 0 Å². The minimum absolute atomic E-state index is 0.186. The van der Waals surface area contributed by atoms with Gasteiger partial charge in [0.25, 0.3) is 0 Å². The minimum atomic E-state index is 0.186. The second-order valence-corrected chi connectivity index (χ2v) is 5.91. The molecular weight excluding hydrogens is 236 g/mol. The van der Waals surface area contributed by atoms with Crippen molar-refractivity contribution in [3.63, 3.8) is 0 Å². The maximum Gasteiger partial charge on any atom is 0.123 e. The molecule has 3 N–H and O–H groups in total. The predicted octanol–water partition coefficient (Wildman–Crippen LogP) is 3.27. The van der Waals surface area contributed by atoms with Gasteiger partial charge in [-0.15, -0.1) is 0 Å². The normalized spacial score (nSPS) is 28.9. The number of benzene rings is 1. The van der Waals surface area contributed by atoms with E-state index in [0.29, 0.717) is 5.92 Å². The van der Waals surface area contributed by atoms with Gasteiger partial charge in [-0.2, -0.15) is 0 Å². The molecule has 1 aliphatic rings. The van der Waals surface area contributed by atoms with Crippen LogP contribution in [-0.4, -0.2) is 7.11 Å². The summed E-state index contributed by atoms with van der Waals surface area (Å²) >= 11 is 0. The number of rotatable bonds is 4. The molecule has 0 radical (unpaired) electrons. The monoisotopic (exact) mass is 262 g/mol. The van der Waals surface area contributed by atoms with Gasteiger partial charge in [-0.3, -0.25) is 11.3 Å². The SMILES string of the molecule is COc1ccccc1C(NN)C1CCC(C)C(C)C1. The lowest BCUT2D eigenvalue weighted by molar-refractivity contribution is 0.170. The van der Waals surface area contributed by atoms with E-state index in [2.05, 4.69) is 31.4 Å². The van der Waals surface area contributed by atoms with Gasteiger partial charge in [0, 0.05) is 5.56 Å². The van der Waals surface area contributed by atoms with Crippen LogP contribution < -0.4 is 16.0 Å². The van der Waals surface area contributed by atoms with Crippen LogP contribution in [-0.2, 0) is 0 Å². The molecule has 1 aromatic carbocycles. The molecule has 0 aromatic heterocycles. The van der Waals surface area contributed by atoms with Crippen molar-refractivity contribution in [2.45, 2.75) is 39.2 Å². The number of nitrogens with two attached hydrogens (primary N) is 1. The van der Waals surface area contributed by atoms with Gasteiger partial charge in [-0.05, 0) is 36.7 Å². The Kier molecular flexibility index (Phi) is 4.83. The molecule has 1 saturated carbocycles. The highest BCUT2D eigenvalue weighted by Crippen LogP contribution is 2.41. The third-order valence-corrected chi connectivity index (χ3v) is 4.76. The Bertz CT molecular complexity index is 407. The number of hydrazine groups is 1. The van der Waals surface area contributed by atoms with Crippen molar-refractivity contribution >= 4 is 0 Å². The van der Waals surface area contributed by atoms with Crippen molar-refractivity contribution < 1.29 is 4.74 Å². The fourth-order valence-corrected chi connectivity index (χ4v) is 3.30. The van der Waals surface area contributed by atoms with Crippen molar-refractivity contribution in [1.82, 2.24) is 5.43 Å². The fourth-order valence-electron chi connectivity index (χ4n) is 3.30. The molecule has 0 saturated heterocycles. The van der Waals surface area contributed by atoms with Crippen LogP contribution in [0.2, 0.25) is 0 Å². The largest absolute Gasteiger partial charge is 0.496 e. The molecule has 3 nitrogen and oxygen atoms in total. The van der Waals surface area contributed by atoms with Crippen LogP contribution in [0.4, 0.5) is 0 Å². The van der Waals surface area contributed by atoms with Crippen molar-refractivity contribution in [1.29, 1.82) is 0 Å². The summed E-state index contributed by atoms with van der Waals surface area (Å²) in [6.45, 7) is 4.71. The van der Waals surface area contributed by atoms with E-state index in [4.69, 9.17) is 10.6 Å².